The minimum Gasteiger partial charge on any atom is -0.466 e. The molecule has 1 aromatic heterocycles. The number of halogens is 1. The van der Waals surface area contributed by atoms with Gasteiger partial charge in [-0.25, -0.2) is 4.39 Å². The Kier molecular flexibility index (Phi) is 4.55. The van der Waals surface area contributed by atoms with Gasteiger partial charge in [-0.1, -0.05) is 6.92 Å². The normalized spacial score (nSPS) is 10.8. The maximum atomic E-state index is 13.2. The van der Waals surface area contributed by atoms with E-state index in [9.17, 15) is 9.18 Å². The highest BCUT2D eigenvalue weighted by Crippen LogP contribution is 2.20. The highest BCUT2D eigenvalue weighted by atomic mass is 19.1. The van der Waals surface area contributed by atoms with E-state index in [0.29, 0.717) is 13.0 Å². The Labute approximate surface area is 111 Å². The van der Waals surface area contributed by atoms with E-state index < -0.39 is 0 Å². The molecular formula is C15H18FNO2. The lowest BCUT2D eigenvalue weighted by atomic mass is 10.1. The van der Waals surface area contributed by atoms with Crippen LogP contribution in [-0.2, 0) is 16.0 Å². The lowest BCUT2D eigenvalue weighted by Crippen LogP contribution is -2.05. The van der Waals surface area contributed by atoms with E-state index in [2.05, 4.69) is 4.98 Å². The molecule has 0 aliphatic rings. The highest BCUT2D eigenvalue weighted by molar-refractivity contribution is 5.83. The van der Waals surface area contributed by atoms with E-state index in [1.165, 1.54) is 12.1 Å². The molecule has 0 spiro atoms. The molecule has 0 radical (unpaired) electrons. The van der Waals surface area contributed by atoms with Gasteiger partial charge in [0.15, 0.2) is 0 Å². The molecule has 1 N–H and O–H groups in total. The first kappa shape index (κ1) is 13.6. The summed E-state index contributed by atoms with van der Waals surface area (Å²) < 4.78 is 18.3. The summed E-state index contributed by atoms with van der Waals surface area (Å²) in [5.74, 6) is -0.379. The molecule has 19 heavy (non-hydrogen) atoms. The first-order valence-corrected chi connectivity index (χ1v) is 6.62. The standard InChI is InChI=1S/C15H18FNO2/c1-2-4-15(18)19-8-3-5-11-10-17-14-7-6-12(16)9-13(11)14/h6-7,9-10,17H,2-5,8H2,1H3. The zero-order valence-corrected chi connectivity index (χ0v) is 11.0. The molecule has 0 bridgehead atoms. The van der Waals surface area contributed by atoms with E-state index in [4.69, 9.17) is 4.74 Å². The minimum atomic E-state index is -0.234. The number of esters is 1. The van der Waals surface area contributed by atoms with Crippen LogP contribution in [0.4, 0.5) is 4.39 Å². The van der Waals surface area contributed by atoms with Gasteiger partial charge in [0.05, 0.1) is 6.61 Å². The molecule has 3 nitrogen and oxygen atoms in total. The Morgan fingerprint density at radius 2 is 2.26 bits per heavy atom. The van der Waals surface area contributed by atoms with Crippen molar-refractivity contribution in [2.75, 3.05) is 6.61 Å². The monoisotopic (exact) mass is 263 g/mol. The number of aromatic amines is 1. The van der Waals surface area contributed by atoms with Crippen LogP contribution in [0, 0.1) is 5.82 Å². The van der Waals surface area contributed by atoms with Crippen LogP contribution in [0.5, 0.6) is 0 Å². The first-order chi connectivity index (χ1) is 9.20. The third-order valence-corrected chi connectivity index (χ3v) is 3.04. The van der Waals surface area contributed by atoms with E-state index >= 15 is 0 Å². The number of nitrogens with one attached hydrogen (secondary N) is 1. The summed E-state index contributed by atoms with van der Waals surface area (Å²) in [4.78, 5) is 14.3. The van der Waals surface area contributed by atoms with Crippen molar-refractivity contribution in [1.82, 2.24) is 4.98 Å². The summed E-state index contributed by atoms with van der Waals surface area (Å²) in [6.45, 7) is 2.36. The van der Waals surface area contributed by atoms with Gasteiger partial charge in [0.1, 0.15) is 5.82 Å². The van der Waals surface area contributed by atoms with Crippen LogP contribution in [0.25, 0.3) is 10.9 Å². The Hall–Kier alpha value is -1.84. The summed E-state index contributed by atoms with van der Waals surface area (Å²) in [5.41, 5.74) is 1.99. The molecule has 2 aromatic rings. The molecule has 0 atom stereocenters. The number of H-pyrrole nitrogens is 1. The van der Waals surface area contributed by atoms with Crippen LogP contribution in [0.15, 0.2) is 24.4 Å². The van der Waals surface area contributed by atoms with E-state index in [-0.39, 0.29) is 11.8 Å². The van der Waals surface area contributed by atoms with Crippen molar-refractivity contribution in [2.24, 2.45) is 0 Å². The van der Waals surface area contributed by atoms with Gasteiger partial charge in [0.2, 0.25) is 0 Å². The fraction of sp³-hybridized carbons (Fsp3) is 0.400. The molecule has 0 aliphatic carbocycles. The summed E-state index contributed by atoms with van der Waals surface area (Å²) in [6, 6.07) is 4.70. The van der Waals surface area contributed by atoms with Crippen molar-refractivity contribution >= 4 is 16.9 Å². The number of benzene rings is 1. The van der Waals surface area contributed by atoms with Crippen LogP contribution in [0.1, 0.15) is 31.7 Å². The van der Waals surface area contributed by atoms with Crippen molar-refractivity contribution in [2.45, 2.75) is 32.6 Å². The van der Waals surface area contributed by atoms with Crippen molar-refractivity contribution in [3.8, 4) is 0 Å². The number of aromatic nitrogens is 1. The maximum Gasteiger partial charge on any atom is 0.305 e. The van der Waals surface area contributed by atoms with Gasteiger partial charge in [0.25, 0.3) is 0 Å². The molecule has 0 saturated carbocycles. The lowest BCUT2D eigenvalue weighted by molar-refractivity contribution is -0.143. The first-order valence-electron chi connectivity index (χ1n) is 6.62. The molecule has 0 fully saturated rings. The van der Waals surface area contributed by atoms with Gasteiger partial charge < -0.3 is 9.72 Å². The quantitative estimate of drug-likeness (QED) is 0.639. The van der Waals surface area contributed by atoms with Gasteiger partial charge in [0, 0.05) is 23.5 Å². The smallest absolute Gasteiger partial charge is 0.305 e. The molecule has 102 valence electrons. The van der Waals surface area contributed by atoms with E-state index in [1.807, 2.05) is 13.1 Å². The largest absolute Gasteiger partial charge is 0.466 e. The average Bonchev–Trinajstić information content (AvgIpc) is 2.77. The van der Waals surface area contributed by atoms with Crippen LogP contribution < -0.4 is 0 Å². The number of hydrogen-bond donors (Lipinski definition) is 1. The van der Waals surface area contributed by atoms with Gasteiger partial charge in [-0.05, 0) is 43.0 Å². The topological polar surface area (TPSA) is 42.1 Å². The summed E-state index contributed by atoms with van der Waals surface area (Å²) in [7, 11) is 0. The number of fused-ring (bicyclic) bond motifs is 1. The Balaban J connectivity index is 1.88. The van der Waals surface area contributed by atoms with E-state index in [0.717, 1.165) is 35.7 Å². The molecule has 1 heterocycles. The predicted molar refractivity (Wildman–Crippen MR) is 72.4 cm³/mol. The highest BCUT2D eigenvalue weighted by Gasteiger charge is 2.05. The molecule has 2 rings (SSSR count). The maximum absolute atomic E-state index is 13.2. The van der Waals surface area contributed by atoms with Crippen molar-refractivity contribution < 1.29 is 13.9 Å². The van der Waals surface area contributed by atoms with Gasteiger partial charge in [-0.15, -0.1) is 0 Å². The third-order valence-electron chi connectivity index (χ3n) is 3.04. The van der Waals surface area contributed by atoms with Crippen LogP contribution in [0.2, 0.25) is 0 Å². The molecular weight excluding hydrogens is 245 g/mol. The number of carbonyl (C=O) groups excluding carboxylic acids is 1. The Morgan fingerprint density at radius 1 is 1.42 bits per heavy atom. The summed E-state index contributed by atoms with van der Waals surface area (Å²) >= 11 is 0. The molecule has 0 unspecified atom stereocenters. The molecule has 0 aliphatic heterocycles. The van der Waals surface area contributed by atoms with Gasteiger partial charge >= 0.3 is 5.97 Å². The lowest BCUT2D eigenvalue weighted by Gasteiger charge is -2.03. The van der Waals surface area contributed by atoms with Crippen molar-refractivity contribution in [1.29, 1.82) is 0 Å². The van der Waals surface area contributed by atoms with Gasteiger partial charge in [-0.3, -0.25) is 4.79 Å². The van der Waals surface area contributed by atoms with Crippen LogP contribution in [0.3, 0.4) is 0 Å². The summed E-state index contributed by atoms with van der Waals surface area (Å²) in [5, 5.41) is 0.903. The fourth-order valence-electron chi connectivity index (χ4n) is 2.08. The second-order valence-corrected chi connectivity index (χ2v) is 4.58. The van der Waals surface area contributed by atoms with Crippen molar-refractivity contribution in [3.05, 3.63) is 35.8 Å². The van der Waals surface area contributed by atoms with Gasteiger partial charge in [-0.2, -0.15) is 0 Å². The second-order valence-electron chi connectivity index (χ2n) is 4.58. The molecule has 0 amide bonds. The number of hydrogen-bond acceptors (Lipinski definition) is 2. The number of aryl methyl sites for hydroxylation is 1. The van der Waals surface area contributed by atoms with E-state index in [1.54, 1.807) is 6.07 Å². The molecule has 0 saturated heterocycles. The van der Waals surface area contributed by atoms with Crippen LogP contribution in [-0.4, -0.2) is 17.6 Å². The minimum absolute atomic E-state index is 0.146. The molecule has 4 heteroatoms. The number of ether oxygens (including phenoxy) is 1. The predicted octanol–water partition coefficient (Wildman–Crippen LogP) is 3.58. The van der Waals surface area contributed by atoms with Crippen molar-refractivity contribution in [3.63, 3.8) is 0 Å². The fourth-order valence-corrected chi connectivity index (χ4v) is 2.08. The number of carbonyl (C=O) groups is 1. The Morgan fingerprint density at radius 3 is 3.05 bits per heavy atom. The third kappa shape index (κ3) is 3.56. The zero-order chi connectivity index (χ0) is 13.7. The second kappa shape index (κ2) is 6.36. The number of rotatable bonds is 6. The van der Waals surface area contributed by atoms with Crippen LogP contribution >= 0.6 is 0 Å². The Bertz CT molecular complexity index is 562. The summed E-state index contributed by atoms with van der Waals surface area (Å²) in [6.07, 6.45) is 4.68. The molecule has 1 aromatic carbocycles. The SMILES string of the molecule is CCCC(=O)OCCCc1c[nH]c2ccc(F)cc12. The zero-order valence-electron chi connectivity index (χ0n) is 11.0. The average molecular weight is 263 g/mol.